The first kappa shape index (κ1) is 9.55. The molecule has 1 aromatic carbocycles. The van der Waals surface area contributed by atoms with Gasteiger partial charge in [0, 0.05) is 5.56 Å². The number of halogens is 4. The Hall–Kier alpha value is -0.540. The summed E-state index contributed by atoms with van der Waals surface area (Å²) >= 11 is 10.8. The van der Waals surface area contributed by atoms with E-state index in [1.807, 2.05) is 0 Å². The Morgan fingerprint density at radius 2 is 1.75 bits per heavy atom. The molecular formula is C7H4Cl2F2O. The molecule has 0 fully saturated rings. The molecule has 1 nitrogen and oxygen atoms in total. The number of phenolic OH excluding ortho intramolecular Hbond substituents is 1. The average Bonchev–Trinajstić information content (AvgIpc) is 1.96. The Morgan fingerprint density at radius 3 is 2.25 bits per heavy atom. The molecule has 0 aliphatic carbocycles. The molecule has 0 saturated carbocycles. The van der Waals surface area contributed by atoms with Gasteiger partial charge in [0.25, 0.3) is 6.43 Å². The predicted molar refractivity (Wildman–Crippen MR) is 43.1 cm³/mol. The fraction of sp³-hybridized carbons (Fsp3) is 0.143. The standard InChI is InChI=1S/C7H4Cl2F2O/c8-4-2-5(9)6(12)1-3(4)7(10)11/h1-2,7,12H. The summed E-state index contributed by atoms with van der Waals surface area (Å²) in [5.74, 6) is -0.392. The molecule has 0 saturated heterocycles. The molecule has 0 bridgehead atoms. The largest absolute Gasteiger partial charge is 0.506 e. The van der Waals surface area contributed by atoms with Crippen LogP contribution in [-0.4, -0.2) is 5.11 Å². The van der Waals surface area contributed by atoms with E-state index >= 15 is 0 Å². The van der Waals surface area contributed by atoms with Crippen LogP contribution in [0, 0.1) is 0 Å². The Labute approximate surface area is 77.5 Å². The average molecular weight is 213 g/mol. The van der Waals surface area contributed by atoms with Crippen molar-refractivity contribution in [2.75, 3.05) is 0 Å². The van der Waals surface area contributed by atoms with Gasteiger partial charge in [-0.2, -0.15) is 0 Å². The van der Waals surface area contributed by atoms with Crippen molar-refractivity contribution in [3.63, 3.8) is 0 Å². The lowest BCUT2D eigenvalue weighted by Gasteiger charge is -2.04. The highest BCUT2D eigenvalue weighted by molar-refractivity contribution is 6.35. The quantitative estimate of drug-likeness (QED) is 0.754. The van der Waals surface area contributed by atoms with Crippen molar-refractivity contribution in [1.82, 2.24) is 0 Å². The summed E-state index contributed by atoms with van der Waals surface area (Å²) in [7, 11) is 0. The van der Waals surface area contributed by atoms with E-state index < -0.39 is 17.7 Å². The van der Waals surface area contributed by atoms with E-state index in [-0.39, 0.29) is 10.0 Å². The van der Waals surface area contributed by atoms with Crippen LogP contribution in [0.2, 0.25) is 10.0 Å². The minimum Gasteiger partial charge on any atom is -0.506 e. The van der Waals surface area contributed by atoms with Gasteiger partial charge in [-0.3, -0.25) is 0 Å². The summed E-state index contributed by atoms with van der Waals surface area (Å²) in [6.07, 6.45) is -2.71. The van der Waals surface area contributed by atoms with Gasteiger partial charge in [-0.25, -0.2) is 8.78 Å². The number of benzene rings is 1. The van der Waals surface area contributed by atoms with Crippen molar-refractivity contribution < 1.29 is 13.9 Å². The van der Waals surface area contributed by atoms with Crippen LogP contribution in [-0.2, 0) is 0 Å². The second-order valence-corrected chi connectivity index (χ2v) is 2.94. The molecule has 0 aliphatic heterocycles. The fourth-order valence-electron chi connectivity index (χ4n) is 0.721. The van der Waals surface area contributed by atoms with E-state index in [2.05, 4.69) is 0 Å². The minimum atomic E-state index is -2.71. The van der Waals surface area contributed by atoms with Crippen molar-refractivity contribution in [2.45, 2.75) is 6.43 Å². The van der Waals surface area contributed by atoms with Gasteiger partial charge < -0.3 is 5.11 Å². The van der Waals surface area contributed by atoms with Crippen LogP contribution in [0.1, 0.15) is 12.0 Å². The SMILES string of the molecule is Oc1cc(C(F)F)c(Cl)cc1Cl. The van der Waals surface area contributed by atoms with Crippen molar-refractivity contribution in [1.29, 1.82) is 0 Å². The molecule has 0 aromatic heterocycles. The molecule has 0 unspecified atom stereocenters. The summed E-state index contributed by atoms with van der Waals surface area (Å²) in [5.41, 5.74) is -0.418. The molecule has 0 aliphatic rings. The molecule has 0 radical (unpaired) electrons. The zero-order valence-electron chi connectivity index (χ0n) is 5.69. The Balaban J connectivity index is 3.23. The van der Waals surface area contributed by atoms with E-state index in [9.17, 15) is 8.78 Å². The van der Waals surface area contributed by atoms with Crippen LogP contribution in [0.25, 0.3) is 0 Å². The van der Waals surface area contributed by atoms with Gasteiger partial charge in [0.15, 0.2) is 0 Å². The third-order valence-corrected chi connectivity index (χ3v) is 1.93. The maximum atomic E-state index is 12.1. The number of phenols is 1. The van der Waals surface area contributed by atoms with Gasteiger partial charge in [0.2, 0.25) is 0 Å². The van der Waals surface area contributed by atoms with Crippen LogP contribution in [0.4, 0.5) is 8.78 Å². The van der Waals surface area contributed by atoms with Gasteiger partial charge in [-0.05, 0) is 12.1 Å². The molecule has 0 heterocycles. The van der Waals surface area contributed by atoms with E-state index in [1.54, 1.807) is 0 Å². The highest BCUT2D eigenvalue weighted by Crippen LogP contribution is 2.34. The highest BCUT2D eigenvalue weighted by atomic mass is 35.5. The van der Waals surface area contributed by atoms with E-state index in [4.69, 9.17) is 28.3 Å². The lowest BCUT2D eigenvalue weighted by molar-refractivity contribution is 0.151. The van der Waals surface area contributed by atoms with Crippen molar-refractivity contribution >= 4 is 23.2 Å². The van der Waals surface area contributed by atoms with E-state index in [0.29, 0.717) is 0 Å². The topological polar surface area (TPSA) is 20.2 Å². The van der Waals surface area contributed by atoms with Gasteiger partial charge >= 0.3 is 0 Å². The van der Waals surface area contributed by atoms with E-state index in [1.165, 1.54) is 0 Å². The third-order valence-electron chi connectivity index (χ3n) is 1.30. The maximum Gasteiger partial charge on any atom is 0.265 e. The second-order valence-electron chi connectivity index (χ2n) is 2.13. The van der Waals surface area contributed by atoms with Gasteiger partial charge in [0.05, 0.1) is 10.0 Å². The lowest BCUT2D eigenvalue weighted by Crippen LogP contribution is -1.85. The molecule has 0 spiro atoms. The van der Waals surface area contributed by atoms with E-state index in [0.717, 1.165) is 12.1 Å². The third kappa shape index (κ3) is 1.79. The molecular weight excluding hydrogens is 209 g/mol. The van der Waals surface area contributed by atoms with Crippen LogP contribution in [0.5, 0.6) is 5.75 Å². The van der Waals surface area contributed by atoms with Gasteiger partial charge in [-0.1, -0.05) is 23.2 Å². The summed E-state index contributed by atoms with van der Waals surface area (Å²) in [6, 6.07) is 1.94. The molecule has 66 valence electrons. The summed E-state index contributed by atoms with van der Waals surface area (Å²) in [6.45, 7) is 0. The smallest absolute Gasteiger partial charge is 0.265 e. The molecule has 1 aromatic rings. The first-order chi connectivity index (χ1) is 5.52. The summed E-state index contributed by atoms with van der Waals surface area (Å²) < 4.78 is 24.2. The first-order valence-corrected chi connectivity index (χ1v) is 3.74. The molecule has 1 N–H and O–H groups in total. The zero-order valence-corrected chi connectivity index (χ0v) is 7.20. The van der Waals surface area contributed by atoms with Crippen LogP contribution < -0.4 is 0 Å². The molecule has 0 amide bonds. The molecule has 5 heteroatoms. The number of rotatable bonds is 1. The zero-order chi connectivity index (χ0) is 9.30. The Kier molecular flexibility index (Phi) is 2.75. The monoisotopic (exact) mass is 212 g/mol. The van der Waals surface area contributed by atoms with Gasteiger partial charge in [-0.15, -0.1) is 0 Å². The number of hydrogen-bond donors (Lipinski definition) is 1. The van der Waals surface area contributed by atoms with Crippen molar-refractivity contribution in [3.8, 4) is 5.75 Å². The fourth-order valence-corrected chi connectivity index (χ4v) is 1.19. The maximum absolute atomic E-state index is 12.1. The molecule has 12 heavy (non-hydrogen) atoms. The normalized spacial score (nSPS) is 10.8. The molecule has 1 rings (SSSR count). The van der Waals surface area contributed by atoms with Crippen molar-refractivity contribution in [3.05, 3.63) is 27.7 Å². The summed E-state index contributed by atoms with van der Waals surface area (Å²) in [5, 5.41) is 8.77. The first-order valence-electron chi connectivity index (χ1n) is 2.98. The summed E-state index contributed by atoms with van der Waals surface area (Å²) in [4.78, 5) is 0. The second kappa shape index (κ2) is 3.46. The van der Waals surface area contributed by atoms with Crippen LogP contribution >= 0.6 is 23.2 Å². The number of aromatic hydroxyl groups is 1. The Bertz CT molecular complexity index is 302. The van der Waals surface area contributed by atoms with Crippen LogP contribution in [0.3, 0.4) is 0 Å². The minimum absolute atomic E-state index is 0.0376. The number of alkyl halides is 2. The lowest BCUT2D eigenvalue weighted by atomic mass is 10.2. The van der Waals surface area contributed by atoms with Crippen molar-refractivity contribution in [2.24, 2.45) is 0 Å². The van der Waals surface area contributed by atoms with Gasteiger partial charge in [0.1, 0.15) is 5.75 Å². The predicted octanol–water partition coefficient (Wildman–Crippen LogP) is 3.64. The molecule has 0 atom stereocenters. The number of hydrogen-bond acceptors (Lipinski definition) is 1. The Morgan fingerprint density at radius 1 is 1.17 bits per heavy atom. The van der Waals surface area contributed by atoms with Crippen LogP contribution in [0.15, 0.2) is 12.1 Å². The highest BCUT2D eigenvalue weighted by Gasteiger charge is 2.14.